The van der Waals surface area contributed by atoms with Gasteiger partial charge in [0.2, 0.25) is 0 Å². The Bertz CT molecular complexity index is 1040. The average Bonchev–Trinajstić information content (AvgIpc) is 3.00. The van der Waals surface area contributed by atoms with Crippen LogP contribution >= 0.6 is 10.5 Å². The molecular formula is C17H12F4NO2S2+. The molecule has 0 saturated heterocycles. The summed E-state index contributed by atoms with van der Waals surface area (Å²) < 4.78 is 76.3. The predicted molar refractivity (Wildman–Crippen MR) is 91.6 cm³/mol. The van der Waals surface area contributed by atoms with E-state index in [-0.39, 0.29) is 10.6 Å². The van der Waals surface area contributed by atoms with Gasteiger partial charge in [0.25, 0.3) is 0 Å². The minimum Gasteiger partial charge on any atom is -0.224 e. The molecule has 1 aromatic heterocycles. The van der Waals surface area contributed by atoms with E-state index >= 15 is 0 Å². The quantitative estimate of drug-likeness (QED) is 0.455. The van der Waals surface area contributed by atoms with Gasteiger partial charge in [0.1, 0.15) is 11.5 Å². The highest BCUT2D eigenvalue weighted by Crippen LogP contribution is 2.46. The van der Waals surface area contributed by atoms with Crippen LogP contribution in [0.3, 0.4) is 0 Å². The molecule has 0 fully saturated rings. The van der Waals surface area contributed by atoms with Crippen molar-refractivity contribution in [2.45, 2.75) is 11.1 Å². The number of hydrogen-bond donors (Lipinski definition) is 0. The minimum absolute atomic E-state index is 0.0253. The molecule has 0 spiro atoms. The fourth-order valence-electron chi connectivity index (χ4n) is 2.31. The van der Waals surface area contributed by atoms with Crippen molar-refractivity contribution in [2.75, 3.05) is 6.26 Å². The lowest BCUT2D eigenvalue weighted by Crippen LogP contribution is -2.05. The van der Waals surface area contributed by atoms with Crippen molar-refractivity contribution in [3.63, 3.8) is 0 Å². The second-order valence-corrected chi connectivity index (χ2v) is 9.29. The standard InChI is InChI=1S/C17H12F4NO2S2/c1-26(23,24)14-8-6-13(7-9-14)25-10-15(22-16(25)17(19,20)21)11-2-4-12(18)5-3-11/h2-10H,1H3/q+1. The number of aromatic nitrogens is 1. The first-order valence-electron chi connectivity index (χ1n) is 7.22. The van der Waals surface area contributed by atoms with Gasteiger partial charge < -0.3 is 0 Å². The lowest BCUT2D eigenvalue weighted by molar-refractivity contribution is -0.137. The Morgan fingerprint density at radius 3 is 2.04 bits per heavy atom. The highest BCUT2D eigenvalue weighted by molar-refractivity contribution is 7.90. The Morgan fingerprint density at radius 1 is 0.962 bits per heavy atom. The summed E-state index contributed by atoms with van der Waals surface area (Å²) in [7, 11) is -4.94. The van der Waals surface area contributed by atoms with E-state index in [0.717, 1.165) is 18.4 Å². The van der Waals surface area contributed by atoms with Crippen LogP contribution in [0.25, 0.3) is 16.2 Å². The van der Waals surface area contributed by atoms with Crippen LogP contribution in [0.2, 0.25) is 0 Å². The first-order valence-corrected chi connectivity index (χ1v) is 10.4. The van der Waals surface area contributed by atoms with Gasteiger partial charge in [0.15, 0.2) is 20.1 Å². The van der Waals surface area contributed by atoms with Crippen LogP contribution in [0, 0.1) is 5.82 Å². The molecule has 0 N–H and O–H groups in total. The van der Waals surface area contributed by atoms with Gasteiger partial charge in [-0.25, -0.2) is 12.8 Å². The zero-order chi connectivity index (χ0) is 19.1. The lowest BCUT2D eigenvalue weighted by atomic mass is 10.2. The fourth-order valence-corrected chi connectivity index (χ4v) is 4.70. The molecule has 9 heteroatoms. The summed E-state index contributed by atoms with van der Waals surface area (Å²) in [6.07, 6.45) is -3.62. The van der Waals surface area contributed by atoms with Gasteiger partial charge in [-0.15, -0.1) is 0 Å². The maximum absolute atomic E-state index is 13.4. The van der Waals surface area contributed by atoms with Crippen LogP contribution in [-0.2, 0) is 16.0 Å². The van der Waals surface area contributed by atoms with Crippen molar-refractivity contribution in [1.82, 2.24) is 4.98 Å². The molecule has 0 aliphatic carbocycles. The number of halogens is 4. The largest absolute Gasteiger partial charge is 0.486 e. The molecule has 1 heterocycles. The number of nitrogens with zero attached hydrogens (tertiary/aromatic N) is 1. The number of alkyl halides is 3. The topological polar surface area (TPSA) is 47.0 Å². The third-order valence-corrected chi connectivity index (χ3v) is 6.65. The molecule has 136 valence electrons. The normalized spacial score (nSPS) is 13.0. The Kier molecular flexibility index (Phi) is 4.61. The van der Waals surface area contributed by atoms with Crippen molar-refractivity contribution in [1.29, 1.82) is 0 Å². The van der Waals surface area contributed by atoms with E-state index in [2.05, 4.69) is 4.98 Å². The fraction of sp³-hybridized carbons (Fsp3) is 0.118. The molecule has 0 radical (unpaired) electrons. The van der Waals surface area contributed by atoms with Crippen LogP contribution in [0.1, 0.15) is 5.01 Å². The van der Waals surface area contributed by atoms with Gasteiger partial charge >= 0.3 is 11.2 Å². The van der Waals surface area contributed by atoms with Gasteiger partial charge in [0.05, 0.1) is 4.90 Å². The molecule has 0 aliphatic heterocycles. The predicted octanol–water partition coefficient (Wildman–Crippen LogP) is 5.05. The van der Waals surface area contributed by atoms with Gasteiger partial charge in [-0.2, -0.15) is 18.2 Å². The van der Waals surface area contributed by atoms with Crippen LogP contribution < -0.4 is 0 Å². The maximum atomic E-state index is 13.4. The smallest absolute Gasteiger partial charge is 0.224 e. The Hall–Kier alpha value is -2.26. The first-order chi connectivity index (χ1) is 12.1. The molecule has 0 saturated carbocycles. The molecule has 1 unspecified atom stereocenters. The minimum atomic E-state index is -4.64. The van der Waals surface area contributed by atoms with Crippen molar-refractivity contribution in [2.24, 2.45) is 0 Å². The highest BCUT2D eigenvalue weighted by Gasteiger charge is 2.45. The van der Waals surface area contributed by atoms with Crippen molar-refractivity contribution >= 4 is 20.3 Å². The zero-order valence-corrected chi connectivity index (χ0v) is 14.9. The molecule has 26 heavy (non-hydrogen) atoms. The summed E-state index contributed by atoms with van der Waals surface area (Å²) in [6, 6.07) is 10.3. The van der Waals surface area contributed by atoms with Crippen molar-refractivity contribution < 1.29 is 26.0 Å². The number of benzene rings is 2. The van der Waals surface area contributed by atoms with Gasteiger partial charge in [-0.1, -0.05) is 0 Å². The molecule has 0 amide bonds. The van der Waals surface area contributed by atoms with Crippen molar-refractivity contribution in [3.8, 4) is 16.2 Å². The van der Waals surface area contributed by atoms with Crippen LogP contribution in [0.4, 0.5) is 17.6 Å². The van der Waals surface area contributed by atoms with E-state index in [1.54, 1.807) is 0 Å². The number of sulfone groups is 1. The molecule has 3 rings (SSSR count). The first kappa shape index (κ1) is 18.5. The summed E-state index contributed by atoms with van der Waals surface area (Å²) in [5.41, 5.74) is 0.476. The molecule has 0 aliphatic rings. The molecule has 3 aromatic rings. The van der Waals surface area contributed by atoms with Crippen LogP contribution in [-0.4, -0.2) is 19.7 Å². The van der Waals surface area contributed by atoms with E-state index in [4.69, 9.17) is 0 Å². The van der Waals surface area contributed by atoms with Crippen LogP contribution in [0.15, 0.2) is 58.8 Å². The number of hydrogen-bond acceptors (Lipinski definition) is 3. The zero-order valence-electron chi connectivity index (χ0n) is 13.3. The summed E-state index contributed by atoms with van der Waals surface area (Å²) >= 11 is 0. The number of thiazole rings is 1. The van der Waals surface area contributed by atoms with Crippen molar-refractivity contribution in [3.05, 3.63) is 64.7 Å². The maximum Gasteiger partial charge on any atom is 0.486 e. The molecule has 1 atom stereocenters. The Morgan fingerprint density at radius 2 is 1.54 bits per heavy atom. The monoisotopic (exact) mass is 402 g/mol. The molecule has 3 nitrogen and oxygen atoms in total. The van der Waals surface area contributed by atoms with Gasteiger partial charge in [-0.05, 0) is 48.5 Å². The van der Waals surface area contributed by atoms with E-state index < -0.39 is 37.3 Å². The van der Waals surface area contributed by atoms with Gasteiger partial charge in [-0.3, -0.25) is 0 Å². The summed E-state index contributed by atoms with van der Waals surface area (Å²) in [4.78, 5) is 4.03. The van der Waals surface area contributed by atoms with E-state index in [1.807, 2.05) is 0 Å². The van der Waals surface area contributed by atoms with E-state index in [9.17, 15) is 26.0 Å². The van der Waals surface area contributed by atoms with E-state index in [0.29, 0.717) is 10.5 Å². The second kappa shape index (κ2) is 6.48. The average molecular weight is 402 g/mol. The van der Waals surface area contributed by atoms with E-state index in [1.165, 1.54) is 41.8 Å². The second-order valence-electron chi connectivity index (χ2n) is 5.51. The molecular weight excluding hydrogens is 390 g/mol. The molecule has 2 aromatic carbocycles. The SMILES string of the molecule is CS(=O)(=O)c1ccc(-[s+]2cc(-c3ccc(F)cc3)nc2C(F)(F)F)cc1. The summed E-state index contributed by atoms with van der Waals surface area (Å²) in [5.74, 6) is -0.497. The Labute approximate surface area is 149 Å². The third-order valence-electron chi connectivity index (χ3n) is 3.55. The highest BCUT2D eigenvalue weighted by atomic mass is 32.2. The summed E-state index contributed by atoms with van der Waals surface area (Å²) in [5, 5.41) is 0.398. The number of rotatable bonds is 3. The lowest BCUT2D eigenvalue weighted by Gasteiger charge is -2.00. The molecule has 0 bridgehead atoms. The summed E-state index contributed by atoms with van der Waals surface area (Å²) in [6.45, 7) is 0. The Balaban J connectivity index is 2.12. The van der Waals surface area contributed by atoms with Gasteiger partial charge in [0, 0.05) is 22.3 Å². The van der Waals surface area contributed by atoms with Crippen LogP contribution in [0.5, 0.6) is 0 Å². The third kappa shape index (κ3) is 3.78.